The van der Waals surface area contributed by atoms with E-state index in [1.54, 1.807) is 0 Å². The maximum atomic E-state index is 12.2. The van der Waals surface area contributed by atoms with Gasteiger partial charge in [0.1, 0.15) is 12.4 Å². The van der Waals surface area contributed by atoms with Gasteiger partial charge in [-0.15, -0.1) is 6.58 Å². The van der Waals surface area contributed by atoms with Gasteiger partial charge in [-0.3, -0.25) is 4.79 Å². The summed E-state index contributed by atoms with van der Waals surface area (Å²) >= 11 is 0. The highest BCUT2D eigenvalue weighted by Gasteiger charge is 2.04. The SMILES string of the molecule is C=CCc1ccccc1OCC#CCNC(=O)c1ccc(-c2ccccc2)cc1. The quantitative estimate of drug-likeness (QED) is 0.467. The van der Waals surface area contributed by atoms with E-state index in [4.69, 9.17) is 4.74 Å². The largest absolute Gasteiger partial charge is 0.481 e. The minimum absolute atomic E-state index is 0.142. The Hall–Kier alpha value is -3.77. The molecule has 0 saturated heterocycles. The Morgan fingerprint density at radius 3 is 2.34 bits per heavy atom. The number of para-hydroxylation sites is 1. The maximum Gasteiger partial charge on any atom is 0.252 e. The molecule has 0 spiro atoms. The molecule has 0 atom stereocenters. The van der Waals surface area contributed by atoms with E-state index >= 15 is 0 Å². The van der Waals surface area contributed by atoms with Gasteiger partial charge in [-0.05, 0) is 41.3 Å². The molecule has 0 radical (unpaired) electrons. The first kappa shape index (κ1) is 20.0. The Labute approximate surface area is 172 Å². The Morgan fingerprint density at radius 2 is 1.59 bits per heavy atom. The predicted octanol–water partition coefficient (Wildman–Crippen LogP) is 4.89. The van der Waals surface area contributed by atoms with Crippen LogP contribution in [0.3, 0.4) is 0 Å². The van der Waals surface area contributed by atoms with Crippen molar-refractivity contribution in [1.82, 2.24) is 5.32 Å². The molecule has 0 heterocycles. The van der Waals surface area contributed by atoms with Gasteiger partial charge < -0.3 is 10.1 Å². The van der Waals surface area contributed by atoms with Crippen molar-refractivity contribution >= 4 is 5.91 Å². The monoisotopic (exact) mass is 381 g/mol. The third-order valence-electron chi connectivity index (χ3n) is 4.35. The van der Waals surface area contributed by atoms with E-state index < -0.39 is 0 Å². The van der Waals surface area contributed by atoms with E-state index in [0.717, 1.165) is 28.9 Å². The highest BCUT2D eigenvalue weighted by Crippen LogP contribution is 2.19. The number of allylic oxidation sites excluding steroid dienone is 1. The Bertz CT molecular complexity index is 1010. The first-order chi connectivity index (χ1) is 14.3. The molecule has 0 fully saturated rings. The highest BCUT2D eigenvalue weighted by atomic mass is 16.5. The number of benzene rings is 3. The fourth-order valence-electron chi connectivity index (χ4n) is 2.87. The summed E-state index contributed by atoms with van der Waals surface area (Å²) in [6.07, 6.45) is 2.60. The lowest BCUT2D eigenvalue weighted by Crippen LogP contribution is -2.23. The zero-order chi connectivity index (χ0) is 20.3. The molecule has 0 bridgehead atoms. The van der Waals surface area contributed by atoms with Crippen molar-refractivity contribution in [3.05, 3.63) is 103 Å². The van der Waals surface area contributed by atoms with Crippen LogP contribution in [-0.4, -0.2) is 19.1 Å². The van der Waals surface area contributed by atoms with Crippen LogP contribution < -0.4 is 10.1 Å². The Morgan fingerprint density at radius 1 is 0.897 bits per heavy atom. The summed E-state index contributed by atoms with van der Waals surface area (Å²) in [6, 6.07) is 25.4. The van der Waals surface area contributed by atoms with Gasteiger partial charge in [0, 0.05) is 5.56 Å². The lowest BCUT2D eigenvalue weighted by molar-refractivity contribution is 0.0958. The van der Waals surface area contributed by atoms with E-state index in [1.165, 1.54) is 0 Å². The number of ether oxygens (including phenoxy) is 1. The van der Waals surface area contributed by atoms with Gasteiger partial charge in [-0.25, -0.2) is 0 Å². The van der Waals surface area contributed by atoms with E-state index in [-0.39, 0.29) is 19.1 Å². The second-order valence-corrected chi connectivity index (χ2v) is 6.37. The van der Waals surface area contributed by atoms with E-state index in [2.05, 4.69) is 23.7 Å². The third kappa shape index (κ3) is 5.85. The van der Waals surface area contributed by atoms with Gasteiger partial charge in [-0.2, -0.15) is 0 Å². The van der Waals surface area contributed by atoms with Crippen molar-refractivity contribution in [1.29, 1.82) is 0 Å². The Kier molecular flexibility index (Phi) is 7.26. The van der Waals surface area contributed by atoms with Crippen molar-refractivity contribution in [3.8, 4) is 28.7 Å². The van der Waals surface area contributed by atoms with E-state index in [0.29, 0.717) is 5.56 Å². The number of amides is 1. The molecule has 3 rings (SSSR count). The van der Waals surface area contributed by atoms with Crippen LogP contribution in [0.5, 0.6) is 5.75 Å². The lowest BCUT2D eigenvalue weighted by Gasteiger charge is -2.07. The summed E-state index contributed by atoms with van der Waals surface area (Å²) in [5, 5.41) is 2.81. The number of carbonyl (C=O) groups is 1. The molecule has 1 N–H and O–H groups in total. The van der Waals surface area contributed by atoms with Gasteiger partial charge >= 0.3 is 0 Å². The van der Waals surface area contributed by atoms with Gasteiger partial charge in [0.2, 0.25) is 0 Å². The topological polar surface area (TPSA) is 38.3 Å². The van der Waals surface area contributed by atoms with E-state index in [9.17, 15) is 4.79 Å². The lowest BCUT2D eigenvalue weighted by atomic mass is 10.0. The molecule has 0 aliphatic heterocycles. The van der Waals surface area contributed by atoms with Gasteiger partial charge in [0.05, 0.1) is 6.54 Å². The zero-order valence-electron chi connectivity index (χ0n) is 16.2. The number of hydrogen-bond donors (Lipinski definition) is 1. The van der Waals surface area contributed by atoms with Crippen LogP contribution in [0, 0.1) is 11.8 Å². The average molecular weight is 381 g/mol. The molecule has 3 aromatic carbocycles. The number of rotatable bonds is 7. The minimum Gasteiger partial charge on any atom is -0.481 e. The number of hydrogen-bond acceptors (Lipinski definition) is 2. The van der Waals surface area contributed by atoms with Crippen LogP contribution in [0.25, 0.3) is 11.1 Å². The van der Waals surface area contributed by atoms with Crippen LogP contribution in [0.1, 0.15) is 15.9 Å². The molecule has 0 aliphatic rings. The second-order valence-electron chi connectivity index (χ2n) is 6.37. The smallest absolute Gasteiger partial charge is 0.252 e. The zero-order valence-corrected chi connectivity index (χ0v) is 16.2. The second kappa shape index (κ2) is 10.5. The molecule has 0 unspecified atom stereocenters. The molecule has 0 aliphatic carbocycles. The predicted molar refractivity (Wildman–Crippen MR) is 118 cm³/mol. The fourth-order valence-corrected chi connectivity index (χ4v) is 2.87. The molecular weight excluding hydrogens is 358 g/mol. The van der Waals surface area contributed by atoms with Crippen LogP contribution >= 0.6 is 0 Å². The van der Waals surface area contributed by atoms with Gasteiger partial charge in [0.25, 0.3) is 5.91 Å². The fraction of sp³-hybridized carbons (Fsp3) is 0.115. The first-order valence-corrected chi connectivity index (χ1v) is 9.49. The first-order valence-electron chi connectivity index (χ1n) is 9.49. The van der Waals surface area contributed by atoms with Gasteiger partial charge in [-0.1, -0.05) is 78.6 Å². The van der Waals surface area contributed by atoms with Crippen molar-refractivity contribution in [2.24, 2.45) is 0 Å². The van der Waals surface area contributed by atoms with Crippen molar-refractivity contribution < 1.29 is 9.53 Å². The van der Waals surface area contributed by atoms with Crippen molar-refractivity contribution in [2.75, 3.05) is 13.2 Å². The summed E-state index contributed by atoms with van der Waals surface area (Å²) in [6.45, 7) is 4.30. The van der Waals surface area contributed by atoms with Crippen LogP contribution in [0.4, 0.5) is 0 Å². The third-order valence-corrected chi connectivity index (χ3v) is 4.35. The summed E-state index contributed by atoms with van der Waals surface area (Å²) in [7, 11) is 0. The molecule has 3 heteroatoms. The summed E-state index contributed by atoms with van der Waals surface area (Å²) in [5.41, 5.74) is 3.90. The van der Waals surface area contributed by atoms with Crippen LogP contribution in [0.15, 0.2) is 91.5 Å². The molecule has 3 aromatic rings. The summed E-state index contributed by atoms with van der Waals surface area (Å²) in [5.74, 6) is 6.51. The molecule has 144 valence electrons. The van der Waals surface area contributed by atoms with Gasteiger partial charge in [0.15, 0.2) is 0 Å². The standard InChI is InChI=1S/C26H23NO2/c1-2-10-23-13-6-7-14-25(23)29-20-9-8-19-27-26(28)24-17-15-22(16-18-24)21-11-4-3-5-12-21/h2-7,11-18H,1,10,19-20H2,(H,27,28). The van der Waals surface area contributed by atoms with Crippen LogP contribution in [-0.2, 0) is 6.42 Å². The number of carbonyl (C=O) groups excluding carboxylic acids is 1. The highest BCUT2D eigenvalue weighted by molar-refractivity contribution is 5.94. The molecule has 1 amide bonds. The molecular formula is C26H23NO2. The minimum atomic E-state index is -0.142. The molecule has 0 saturated carbocycles. The van der Waals surface area contributed by atoms with E-state index in [1.807, 2.05) is 84.9 Å². The molecule has 0 aromatic heterocycles. The normalized spacial score (nSPS) is 9.79. The van der Waals surface area contributed by atoms with Crippen molar-refractivity contribution in [2.45, 2.75) is 6.42 Å². The average Bonchev–Trinajstić information content (AvgIpc) is 2.78. The maximum absolute atomic E-state index is 12.2. The van der Waals surface area contributed by atoms with Crippen molar-refractivity contribution in [3.63, 3.8) is 0 Å². The summed E-state index contributed by atoms with van der Waals surface area (Å²) in [4.78, 5) is 12.2. The molecule has 3 nitrogen and oxygen atoms in total. The summed E-state index contributed by atoms with van der Waals surface area (Å²) < 4.78 is 5.70. The Balaban J connectivity index is 1.46. The molecule has 29 heavy (non-hydrogen) atoms. The number of nitrogens with one attached hydrogen (secondary N) is 1. The van der Waals surface area contributed by atoms with Crippen LogP contribution in [0.2, 0.25) is 0 Å².